The fourth-order valence-corrected chi connectivity index (χ4v) is 7.58. The topological polar surface area (TPSA) is 279 Å². The second-order valence-electron chi connectivity index (χ2n) is 13.6. The van der Waals surface area contributed by atoms with Crippen LogP contribution < -0.4 is 84.8 Å². The van der Waals surface area contributed by atoms with Crippen molar-refractivity contribution in [2.75, 3.05) is 49.5 Å². The molecular weight excluding hydrogens is 936 g/mol. The molecule has 0 unspecified atom stereocenters. The largest absolute Gasteiger partial charge is 1.00 e. The summed E-state index contributed by atoms with van der Waals surface area (Å²) in [5, 5.41) is 43.6. The van der Waals surface area contributed by atoms with Crippen LogP contribution in [0.1, 0.15) is 17.8 Å². The number of nitrogens with zero attached hydrogens (tertiary/aromatic N) is 6. The van der Waals surface area contributed by atoms with Crippen molar-refractivity contribution in [3.05, 3.63) is 108 Å². The van der Waals surface area contributed by atoms with E-state index in [2.05, 4.69) is 75.8 Å². The normalized spacial score (nSPS) is 11.6. The zero-order chi connectivity index (χ0) is 44.0. The number of fused-ring (bicyclic) bond motifs is 1. The molecule has 1 aromatic heterocycles. The number of benzene rings is 5. The van der Waals surface area contributed by atoms with Crippen LogP contribution in [0, 0.1) is 0 Å². The van der Waals surface area contributed by atoms with Crippen LogP contribution in [0.15, 0.2) is 117 Å². The maximum Gasteiger partial charge on any atom is 1.00 e. The average Bonchev–Trinajstić information content (AvgIpc) is 3.19. The van der Waals surface area contributed by atoms with Gasteiger partial charge in [-0.25, -0.2) is 16.8 Å². The summed E-state index contributed by atoms with van der Waals surface area (Å²) in [4.78, 5) is 25.7. The molecule has 326 valence electrons. The molecule has 1 heterocycles. The van der Waals surface area contributed by atoms with Crippen LogP contribution in [0.5, 0.6) is 5.75 Å². The molecule has 0 bridgehead atoms. The molecule has 6 aromatic rings. The van der Waals surface area contributed by atoms with Crippen molar-refractivity contribution in [1.29, 1.82) is 0 Å². The Hall–Kier alpha value is -3.86. The predicted octanol–water partition coefficient (Wildman–Crippen LogP) is 0.861. The van der Waals surface area contributed by atoms with E-state index in [-0.39, 0.29) is 122 Å². The summed E-state index contributed by atoms with van der Waals surface area (Å²) in [7, 11) is -2.85. The molecule has 0 saturated heterocycles. The molecule has 4 N–H and O–H groups in total. The molecular formula is C38H37ClN9Na2O11S3+. The summed E-state index contributed by atoms with van der Waals surface area (Å²) >= 11 is 6.73. The number of nitrogens with one attached hydrogen (secondary N) is 3. The molecule has 5 aromatic carbocycles. The van der Waals surface area contributed by atoms with Gasteiger partial charge in [-0.1, -0.05) is 13.5 Å². The van der Waals surface area contributed by atoms with Gasteiger partial charge in [0.15, 0.2) is 15.6 Å². The van der Waals surface area contributed by atoms with E-state index in [0.717, 1.165) is 11.4 Å². The summed E-state index contributed by atoms with van der Waals surface area (Å²) < 4.78 is 65.7. The second kappa shape index (κ2) is 23.5. The number of amides is 1. The molecule has 20 nitrogen and oxygen atoms in total. The number of phenolic OH excluding ortho intramolecular Hbond substituents is 1. The van der Waals surface area contributed by atoms with Gasteiger partial charge in [-0.3, -0.25) is 18.5 Å². The van der Waals surface area contributed by atoms with E-state index in [4.69, 9.17) is 11.6 Å². The maximum absolute atomic E-state index is 12.9. The van der Waals surface area contributed by atoms with Gasteiger partial charge in [0, 0.05) is 40.1 Å². The molecule has 0 aliphatic heterocycles. The third-order valence-corrected chi connectivity index (χ3v) is 11.3. The van der Waals surface area contributed by atoms with Gasteiger partial charge < -0.3 is 30.9 Å². The van der Waals surface area contributed by atoms with E-state index in [1.165, 1.54) is 48.5 Å². The quantitative estimate of drug-likeness (QED) is 0.0144. The standard InChI is InChI=1S/C37H34ClN9O11S3.CH4.2Na/c1-47(2,3)28-14-10-25(11-15-28)40-36-42-35(38)43-37(44-36)41-27-9-6-23-20-31(59-58-57-50)32(33(48)30(23)21-27)46-45-26-7-4-22(5-8-26)34(49)39-24-12-16-29(17-13-24)60(51,52)19-18-56-61(53,54)55;;;/h4-17,20-21H,18-19H2,1-3H3,(H5-,39,40,41,42,43,44,45,46,48,49,50,53,54,55);1H4;;/q;;2*+1/p-1. The Morgan fingerprint density at radius 2 is 1.42 bits per heavy atom. The van der Waals surface area contributed by atoms with E-state index in [9.17, 15) is 36.5 Å². The molecule has 26 heteroatoms. The van der Waals surface area contributed by atoms with Crippen LogP contribution in [0.3, 0.4) is 0 Å². The summed E-state index contributed by atoms with van der Waals surface area (Å²) in [6, 6.07) is 25.2. The Bertz CT molecular complexity index is 2830. The SMILES string of the molecule is C.C[N+](C)(C)c1ccc(Nc2nc(Cl)nc(Nc3ccc4cc(SOO[O-])c(N=Nc5ccc(C(=O)Nc6ccc(S(=O)(=O)CCOS(=O)(=O)[O-])cc6)cc5)c(O)c4c3)n2)cc1.[Na+].[Na+]. The molecule has 0 aliphatic rings. The Morgan fingerprint density at radius 3 is 2.02 bits per heavy atom. The van der Waals surface area contributed by atoms with Crippen LogP contribution in [0.25, 0.3) is 10.8 Å². The van der Waals surface area contributed by atoms with Gasteiger partial charge in [0.05, 0.1) is 61.0 Å². The number of azo groups is 1. The summed E-state index contributed by atoms with van der Waals surface area (Å²) in [6.45, 7) is -0.844. The number of phenols is 1. The number of carbonyl (C=O) groups excluding carboxylic acids is 1. The number of quaternary nitrogens is 1. The van der Waals surface area contributed by atoms with Crippen molar-refractivity contribution < 1.29 is 109 Å². The van der Waals surface area contributed by atoms with Crippen molar-refractivity contribution in [3.8, 4) is 5.75 Å². The molecule has 0 aliphatic carbocycles. The molecule has 0 spiro atoms. The van der Waals surface area contributed by atoms with Crippen molar-refractivity contribution in [2.24, 2.45) is 10.2 Å². The average molecular weight is 973 g/mol. The fourth-order valence-electron chi connectivity index (χ4n) is 5.44. The van der Waals surface area contributed by atoms with E-state index in [0.29, 0.717) is 33.0 Å². The first-order valence-corrected chi connectivity index (χ1v) is 21.5. The number of halogens is 1. The molecule has 64 heavy (non-hydrogen) atoms. The molecule has 1 amide bonds. The summed E-state index contributed by atoms with van der Waals surface area (Å²) in [5.41, 5.74) is 2.93. The van der Waals surface area contributed by atoms with Gasteiger partial charge >= 0.3 is 59.1 Å². The number of rotatable bonds is 17. The first-order chi connectivity index (χ1) is 28.9. The maximum atomic E-state index is 12.9. The Balaban J connectivity index is 0.00000363. The molecule has 0 atom stereocenters. The number of sulfone groups is 1. The Kier molecular flexibility index (Phi) is 20.0. The summed E-state index contributed by atoms with van der Waals surface area (Å²) in [5.74, 6) is -1.32. The van der Waals surface area contributed by atoms with Crippen LogP contribution in [0.4, 0.5) is 46.0 Å². The number of aromatic hydroxyl groups is 1. The van der Waals surface area contributed by atoms with Gasteiger partial charge in [-0.15, -0.1) is 5.11 Å². The van der Waals surface area contributed by atoms with E-state index in [1.807, 2.05) is 24.3 Å². The number of hydrogen-bond donors (Lipinski definition) is 4. The van der Waals surface area contributed by atoms with Gasteiger partial charge in [-0.05, 0) is 95.8 Å². The van der Waals surface area contributed by atoms with Gasteiger partial charge in [0.25, 0.3) is 5.91 Å². The zero-order valence-corrected chi connectivity index (χ0v) is 41.2. The van der Waals surface area contributed by atoms with E-state index >= 15 is 0 Å². The third-order valence-electron chi connectivity index (χ3n) is 8.41. The monoisotopic (exact) mass is 972 g/mol. The predicted molar refractivity (Wildman–Crippen MR) is 230 cm³/mol. The zero-order valence-electron chi connectivity index (χ0n) is 34.0. The third kappa shape index (κ3) is 15.1. The first-order valence-electron chi connectivity index (χ1n) is 17.4. The molecule has 0 fully saturated rings. The van der Waals surface area contributed by atoms with Crippen LogP contribution in [-0.2, 0) is 33.8 Å². The van der Waals surface area contributed by atoms with Gasteiger partial charge in [0.2, 0.25) is 27.6 Å². The second-order valence-corrected chi connectivity index (χ2v) is 17.8. The smallest absolute Gasteiger partial charge is 0.726 e. The van der Waals surface area contributed by atoms with Crippen LogP contribution >= 0.6 is 23.6 Å². The van der Waals surface area contributed by atoms with Crippen LogP contribution in [0.2, 0.25) is 5.28 Å². The molecule has 0 saturated carbocycles. The number of hydrogen-bond acceptors (Lipinski definition) is 19. The summed E-state index contributed by atoms with van der Waals surface area (Å²) in [6.07, 6.45) is 0. The van der Waals surface area contributed by atoms with Gasteiger partial charge in [-0.2, -0.15) is 24.4 Å². The minimum atomic E-state index is -5.04. The minimum absolute atomic E-state index is 0. The van der Waals surface area contributed by atoms with Crippen LogP contribution in [-0.4, -0.2) is 80.9 Å². The number of carbonyl (C=O) groups is 1. The van der Waals surface area contributed by atoms with Crippen molar-refractivity contribution >= 4 is 107 Å². The first kappa shape index (κ1) is 54.5. The molecule has 0 radical (unpaired) electrons. The van der Waals surface area contributed by atoms with E-state index in [1.54, 1.807) is 24.3 Å². The van der Waals surface area contributed by atoms with Crippen molar-refractivity contribution in [2.45, 2.75) is 17.2 Å². The molecule has 6 rings (SSSR count). The van der Waals surface area contributed by atoms with E-state index < -0.39 is 38.5 Å². The fraction of sp³-hybridized carbons (Fsp3) is 0.158. The minimum Gasteiger partial charge on any atom is -0.726 e. The van der Waals surface area contributed by atoms with Gasteiger partial charge in [0.1, 0.15) is 11.4 Å². The van der Waals surface area contributed by atoms with Crippen molar-refractivity contribution in [1.82, 2.24) is 19.4 Å². The number of aromatic nitrogens is 3. The Morgan fingerprint density at radius 1 is 0.828 bits per heavy atom. The Labute approximate surface area is 422 Å². The van der Waals surface area contributed by atoms with Crippen molar-refractivity contribution in [3.63, 3.8) is 0 Å². The number of anilines is 5.